The first-order valence-electron chi connectivity index (χ1n) is 5.47. The summed E-state index contributed by atoms with van der Waals surface area (Å²) in [4.78, 5) is 31.9. The zero-order chi connectivity index (χ0) is 13.8. The van der Waals surface area contributed by atoms with Crippen LogP contribution in [0.1, 0.15) is 13.3 Å². The smallest absolute Gasteiger partial charge is 0.245 e. The van der Waals surface area contributed by atoms with Gasteiger partial charge in [0.15, 0.2) is 0 Å². The lowest BCUT2D eigenvalue weighted by Crippen LogP contribution is -2.50. The average Bonchev–Trinajstić information content (AvgIpc) is 2.34. The third kappa shape index (κ3) is 8.37. The summed E-state index contributed by atoms with van der Waals surface area (Å²) in [7, 11) is 3.13. The Morgan fingerprint density at radius 1 is 1.33 bits per heavy atom. The number of nitrogens with one attached hydrogen (secondary N) is 2. The van der Waals surface area contributed by atoms with Crippen LogP contribution >= 0.6 is 21.6 Å². The van der Waals surface area contributed by atoms with Gasteiger partial charge in [0.05, 0.1) is 6.10 Å². The van der Waals surface area contributed by atoms with E-state index in [0.29, 0.717) is 25.1 Å². The molecular weight excluding hydrogens is 276 g/mol. The Hall–Kier alpha value is -0.730. The van der Waals surface area contributed by atoms with Gasteiger partial charge in [-0.05, 0) is 6.92 Å². The van der Waals surface area contributed by atoms with E-state index in [9.17, 15) is 19.5 Å². The largest absolute Gasteiger partial charge is 0.391 e. The Balaban J connectivity index is 3.67. The third-order valence-corrected chi connectivity index (χ3v) is 4.34. The van der Waals surface area contributed by atoms with Crippen LogP contribution in [0.5, 0.6) is 0 Å². The van der Waals surface area contributed by atoms with E-state index in [-0.39, 0.29) is 0 Å². The number of rotatable bonds is 11. The maximum absolute atomic E-state index is 11.6. The van der Waals surface area contributed by atoms with Gasteiger partial charge in [0.25, 0.3) is 0 Å². The molecule has 2 atom stereocenters. The van der Waals surface area contributed by atoms with Gasteiger partial charge in [-0.25, -0.2) is 0 Å². The Morgan fingerprint density at radius 2 is 2.00 bits per heavy atom. The molecule has 6 nitrogen and oxygen atoms in total. The molecule has 0 bridgehead atoms. The fraction of sp³-hybridized carbons (Fsp3) is 0.700. The molecule has 0 aliphatic rings. The van der Waals surface area contributed by atoms with Crippen LogP contribution < -0.4 is 10.6 Å². The number of aliphatic hydroxyl groups excluding tert-OH is 1. The van der Waals surface area contributed by atoms with Gasteiger partial charge in [-0.2, -0.15) is 0 Å². The predicted octanol–water partition coefficient (Wildman–Crippen LogP) is -0.432. The minimum atomic E-state index is -0.940. The first-order valence-corrected chi connectivity index (χ1v) is 7.95. The highest BCUT2D eigenvalue weighted by Crippen LogP contribution is 2.20. The van der Waals surface area contributed by atoms with E-state index in [1.807, 2.05) is 0 Å². The van der Waals surface area contributed by atoms with Crippen LogP contribution in [0.2, 0.25) is 0 Å². The van der Waals surface area contributed by atoms with Crippen molar-refractivity contribution in [1.29, 1.82) is 0 Å². The second-order valence-corrected chi connectivity index (χ2v) is 6.10. The van der Waals surface area contributed by atoms with E-state index in [4.69, 9.17) is 0 Å². The van der Waals surface area contributed by atoms with E-state index in [0.717, 1.165) is 12.0 Å². The van der Waals surface area contributed by atoms with E-state index >= 15 is 0 Å². The molecule has 0 aromatic heterocycles. The summed E-state index contributed by atoms with van der Waals surface area (Å²) >= 11 is 0. The lowest BCUT2D eigenvalue weighted by molar-refractivity contribution is -0.127. The number of aldehydes is 1. The van der Waals surface area contributed by atoms with Crippen LogP contribution in [0.3, 0.4) is 0 Å². The van der Waals surface area contributed by atoms with Crippen molar-refractivity contribution in [3.05, 3.63) is 0 Å². The second kappa shape index (κ2) is 11.4. The molecule has 0 aliphatic carbocycles. The molecule has 0 saturated carbocycles. The van der Waals surface area contributed by atoms with Gasteiger partial charge in [-0.1, -0.05) is 21.6 Å². The van der Waals surface area contributed by atoms with Crippen LogP contribution in [0.25, 0.3) is 0 Å². The molecule has 0 fully saturated rings. The van der Waals surface area contributed by atoms with Gasteiger partial charge in [-0.15, -0.1) is 0 Å². The molecule has 0 aromatic rings. The number of aliphatic hydroxyl groups is 1. The lowest BCUT2D eigenvalue weighted by atomic mass is 10.2. The Bertz CT molecular complexity index is 264. The minimum Gasteiger partial charge on any atom is -0.391 e. The third-order valence-electron chi connectivity index (χ3n) is 1.90. The van der Waals surface area contributed by atoms with Crippen molar-refractivity contribution in [3.8, 4) is 0 Å². The molecule has 0 aromatic carbocycles. The molecule has 0 rings (SSSR count). The van der Waals surface area contributed by atoms with E-state index < -0.39 is 18.1 Å². The van der Waals surface area contributed by atoms with Gasteiger partial charge in [0, 0.05) is 24.5 Å². The van der Waals surface area contributed by atoms with E-state index in [2.05, 4.69) is 10.6 Å². The molecule has 0 saturated heterocycles. The van der Waals surface area contributed by atoms with Gasteiger partial charge < -0.3 is 20.5 Å². The number of amides is 2. The van der Waals surface area contributed by atoms with Crippen LogP contribution in [0.15, 0.2) is 0 Å². The summed E-state index contributed by atoms with van der Waals surface area (Å²) in [5.74, 6) is 1.05. The molecule has 2 amide bonds. The highest BCUT2D eigenvalue weighted by atomic mass is 33.1. The number of hydrogen-bond acceptors (Lipinski definition) is 6. The van der Waals surface area contributed by atoms with E-state index in [1.54, 1.807) is 21.6 Å². The van der Waals surface area contributed by atoms with Gasteiger partial charge >= 0.3 is 0 Å². The van der Waals surface area contributed by atoms with Crippen LogP contribution in [0, 0.1) is 0 Å². The Morgan fingerprint density at radius 3 is 2.56 bits per heavy atom. The van der Waals surface area contributed by atoms with Crippen LogP contribution in [0.4, 0.5) is 0 Å². The minimum absolute atomic E-state index is 0.390. The van der Waals surface area contributed by atoms with Crippen molar-refractivity contribution < 1.29 is 19.5 Å². The molecule has 0 heterocycles. The molecule has 0 radical (unpaired) electrons. The first-order chi connectivity index (χ1) is 8.63. The second-order valence-electron chi connectivity index (χ2n) is 3.39. The predicted molar refractivity (Wildman–Crippen MR) is 73.3 cm³/mol. The SMILES string of the molecule is CC(O)C(NC=O)C(=O)NCCSSCCC=O. The summed E-state index contributed by atoms with van der Waals surface area (Å²) in [6, 6.07) is -0.921. The molecular formula is C10H18N2O4S2. The van der Waals surface area contributed by atoms with Crippen molar-refractivity contribution >= 4 is 40.2 Å². The summed E-state index contributed by atoms with van der Waals surface area (Å²) in [5.41, 5.74) is 0. The van der Waals surface area contributed by atoms with Crippen molar-refractivity contribution in [1.82, 2.24) is 10.6 Å². The highest BCUT2D eigenvalue weighted by Gasteiger charge is 2.22. The maximum atomic E-state index is 11.6. The fourth-order valence-corrected chi connectivity index (χ4v) is 2.91. The fourth-order valence-electron chi connectivity index (χ4n) is 1.05. The average molecular weight is 294 g/mol. The standard InChI is InChI=1S/C10H18N2O4S2/c1-8(15)9(12-7-14)10(16)11-3-6-18-17-5-2-4-13/h4,7-9,15H,2-3,5-6H2,1H3,(H,11,16)(H,12,14). The zero-order valence-corrected chi connectivity index (χ0v) is 11.8. The Labute approximate surface area is 114 Å². The Kier molecular flexibility index (Phi) is 10.9. The van der Waals surface area contributed by atoms with Crippen molar-refractivity contribution in [2.45, 2.75) is 25.5 Å². The summed E-state index contributed by atoms with van der Waals surface area (Å²) in [5, 5.41) is 14.2. The zero-order valence-electron chi connectivity index (χ0n) is 10.1. The molecule has 8 heteroatoms. The molecule has 104 valence electrons. The van der Waals surface area contributed by atoms with Gasteiger partial charge in [-0.3, -0.25) is 9.59 Å². The molecule has 2 unspecified atom stereocenters. The highest BCUT2D eigenvalue weighted by molar-refractivity contribution is 8.76. The quantitative estimate of drug-likeness (QED) is 0.272. The van der Waals surface area contributed by atoms with Crippen LogP contribution in [-0.2, 0) is 14.4 Å². The summed E-state index contributed by atoms with van der Waals surface area (Å²) in [6.45, 7) is 1.88. The van der Waals surface area contributed by atoms with Gasteiger partial charge in [0.1, 0.15) is 12.3 Å². The lowest BCUT2D eigenvalue weighted by Gasteiger charge is -2.18. The van der Waals surface area contributed by atoms with Crippen LogP contribution in [-0.4, -0.2) is 53.9 Å². The topological polar surface area (TPSA) is 95.5 Å². The normalized spacial score (nSPS) is 13.4. The van der Waals surface area contributed by atoms with Crippen molar-refractivity contribution in [3.63, 3.8) is 0 Å². The number of carbonyl (C=O) groups is 3. The molecule has 3 N–H and O–H groups in total. The van der Waals surface area contributed by atoms with Gasteiger partial charge in [0.2, 0.25) is 12.3 Å². The van der Waals surface area contributed by atoms with E-state index in [1.165, 1.54) is 6.92 Å². The first kappa shape index (κ1) is 17.3. The molecule has 18 heavy (non-hydrogen) atoms. The monoisotopic (exact) mass is 294 g/mol. The number of hydrogen-bond donors (Lipinski definition) is 3. The summed E-state index contributed by atoms with van der Waals surface area (Å²) in [6.07, 6.45) is 0.844. The maximum Gasteiger partial charge on any atom is 0.245 e. The molecule has 0 spiro atoms. The van der Waals surface area contributed by atoms with Crippen molar-refractivity contribution in [2.75, 3.05) is 18.1 Å². The van der Waals surface area contributed by atoms with Crippen molar-refractivity contribution in [2.24, 2.45) is 0 Å². The summed E-state index contributed by atoms with van der Waals surface area (Å²) < 4.78 is 0. The number of carbonyl (C=O) groups excluding carboxylic acids is 3. The molecule has 0 aliphatic heterocycles.